The van der Waals surface area contributed by atoms with Gasteiger partial charge in [-0.3, -0.25) is 10.1 Å². The van der Waals surface area contributed by atoms with Gasteiger partial charge in [0.15, 0.2) is 5.13 Å². The fraction of sp³-hybridized carbons (Fsp3) is 0.136. The summed E-state index contributed by atoms with van der Waals surface area (Å²) in [5.41, 5.74) is 4.21. The largest absolute Gasteiger partial charge is 0.298 e. The Morgan fingerprint density at radius 1 is 1.11 bits per heavy atom. The molecule has 4 rings (SSSR count). The van der Waals surface area contributed by atoms with E-state index >= 15 is 0 Å². The fourth-order valence-corrected chi connectivity index (χ4v) is 4.44. The van der Waals surface area contributed by atoms with Crippen LogP contribution in [0.5, 0.6) is 0 Å². The van der Waals surface area contributed by atoms with E-state index in [0.29, 0.717) is 5.13 Å². The summed E-state index contributed by atoms with van der Waals surface area (Å²) in [5, 5.41) is 6.18. The number of nitrogens with one attached hydrogen (secondary N) is 1. The van der Waals surface area contributed by atoms with Gasteiger partial charge in [0.25, 0.3) is 0 Å². The molecule has 2 aromatic heterocycles. The van der Waals surface area contributed by atoms with E-state index in [4.69, 9.17) is 0 Å². The van der Waals surface area contributed by atoms with Crippen LogP contribution in [0, 0.1) is 0 Å². The Morgan fingerprint density at radius 3 is 2.71 bits per heavy atom. The number of carbonyl (C=O) groups is 1. The molecule has 0 saturated carbocycles. The van der Waals surface area contributed by atoms with Crippen LogP contribution in [0.4, 0.5) is 5.13 Å². The molecule has 0 fully saturated rings. The smallest absolute Gasteiger partial charge is 0.250 e. The van der Waals surface area contributed by atoms with Crippen molar-refractivity contribution in [2.24, 2.45) is 0 Å². The summed E-state index contributed by atoms with van der Waals surface area (Å²) in [4.78, 5) is 21.2. The zero-order valence-corrected chi connectivity index (χ0v) is 17.0. The molecule has 0 aliphatic heterocycles. The van der Waals surface area contributed by atoms with Crippen LogP contribution in [-0.4, -0.2) is 15.9 Å². The Morgan fingerprint density at radius 2 is 1.93 bits per heavy atom. The summed E-state index contributed by atoms with van der Waals surface area (Å²) in [6, 6.07) is 16.4. The zero-order chi connectivity index (χ0) is 19.3. The second kappa shape index (κ2) is 8.46. The maximum atomic E-state index is 12.2. The van der Waals surface area contributed by atoms with Crippen molar-refractivity contribution in [1.82, 2.24) is 9.97 Å². The van der Waals surface area contributed by atoms with E-state index < -0.39 is 0 Å². The van der Waals surface area contributed by atoms with Gasteiger partial charge in [-0.2, -0.15) is 0 Å². The molecule has 2 aromatic carbocycles. The molecule has 140 valence electrons. The number of fused-ring (bicyclic) bond motifs is 1. The molecule has 1 amide bonds. The van der Waals surface area contributed by atoms with Crippen LogP contribution in [0.3, 0.4) is 0 Å². The van der Waals surface area contributed by atoms with Crippen molar-refractivity contribution in [3.8, 4) is 11.3 Å². The van der Waals surface area contributed by atoms with Crippen LogP contribution >= 0.6 is 22.7 Å². The number of benzene rings is 2. The zero-order valence-electron chi connectivity index (χ0n) is 15.4. The lowest BCUT2D eigenvalue weighted by Crippen LogP contribution is -2.07. The van der Waals surface area contributed by atoms with Crippen LogP contribution in [0.15, 0.2) is 60.0 Å². The van der Waals surface area contributed by atoms with Gasteiger partial charge >= 0.3 is 0 Å². The monoisotopic (exact) mass is 405 g/mol. The van der Waals surface area contributed by atoms with Crippen molar-refractivity contribution in [1.29, 1.82) is 0 Å². The van der Waals surface area contributed by atoms with Gasteiger partial charge < -0.3 is 0 Å². The lowest BCUT2D eigenvalue weighted by atomic mass is 10.1. The standard InChI is InChI=1S/C22H19N3OS2/c1-2-5-15-8-10-16(11-9-15)18-14-27-22(24-18)25-20(26)12-13-21-23-17-6-3-4-7-19(17)28-21/h3-4,6-14H,2,5H2,1H3,(H,24,25,26)/b13-12+. The van der Waals surface area contributed by atoms with E-state index in [1.807, 2.05) is 29.6 Å². The van der Waals surface area contributed by atoms with Gasteiger partial charge in [0, 0.05) is 17.0 Å². The van der Waals surface area contributed by atoms with Gasteiger partial charge in [-0.25, -0.2) is 9.97 Å². The Bertz CT molecular complexity index is 1090. The highest BCUT2D eigenvalue weighted by Gasteiger charge is 2.07. The van der Waals surface area contributed by atoms with Gasteiger partial charge in [0.1, 0.15) is 5.01 Å². The number of aromatic nitrogens is 2. The van der Waals surface area contributed by atoms with Crippen molar-refractivity contribution in [2.75, 3.05) is 5.32 Å². The molecule has 4 aromatic rings. The molecule has 0 spiro atoms. The van der Waals surface area contributed by atoms with Crippen molar-refractivity contribution in [3.63, 3.8) is 0 Å². The Kier molecular flexibility index (Phi) is 5.60. The van der Waals surface area contributed by atoms with Gasteiger partial charge in [0.05, 0.1) is 15.9 Å². The summed E-state index contributed by atoms with van der Waals surface area (Å²) in [6.45, 7) is 2.18. The van der Waals surface area contributed by atoms with Gasteiger partial charge in [-0.15, -0.1) is 22.7 Å². The van der Waals surface area contributed by atoms with E-state index in [9.17, 15) is 4.79 Å². The summed E-state index contributed by atoms with van der Waals surface area (Å²) in [6.07, 6.45) is 5.45. The van der Waals surface area contributed by atoms with Crippen molar-refractivity contribution in [3.05, 3.63) is 70.6 Å². The molecule has 0 atom stereocenters. The lowest BCUT2D eigenvalue weighted by Gasteiger charge is -2.00. The first-order chi connectivity index (χ1) is 13.7. The van der Waals surface area contributed by atoms with Gasteiger partial charge in [-0.05, 0) is 30.2 Å². The Balaban J connectivity index is 1.40. The minimum atomic E-state index is -0.210. The summed E-state index contributed by atoms with van der Waals surface area (Å²) < 4.78 is 1.11. The molecule has 0 bridgehead atoms. The van der Waals surface area contributed by atoms with Crippen LogP contribution < -0.4 is 5.32 Å². The third kappa shape index (κ3) is 4.35. The van der Waals surface area contributed by atoms with E-state index in [-0.39, 0.29) is 5.91 Å². The Labute approximate surface area is 171 Å². The van der Waals surface area contributed by atoms with Crippen LogP contribution in [0.25, 0.3) is 27.6 Å². The molecule has 0 saturated heterocycles. The quantitative estimate of drug-likeness (QED) is 0.399. The first kappa shape index (κ1) is 18.5. The molecule has 0 unspecified atom stereocenters. The van der Waals surface area contributed by atoms with E-state index in [0.717, 1.165) is 39.3 Å². The fourth-order valence-electron chi connectivity index (χ4n) is 2.85. The third-order valence-corrected chi connectivity index (χ3v) is 5.97. The highest BCUT2D eigenvalue weighted by molar-refractivity contribution is 7.19. The lowest BCUT2D eigenvalue weighted by molar-refractivity contribution is -0.111. The van der Waals surface area contributed by atoms with Gasteiger partial charge in [-0.1, -0.05) is 49.7 Å². The van der Waals surface area contributed by atoms with Crippen molar-refractivity contribution >= 4 is 50.0 Å². The first-order valence-corrected chi connectivity index (χ1v) is 10.8. The molecule has 0 aliphatic rings. The predicted octanol–water partition coefficient (Wildman–Crippen LogP) is 6.02. The minimum absolute atomic E-state index is 0.210. The predicted molar refractivity (Wildman–Crippen MR) is 119 cm³/mol. The number of anilines is 1. The van der Waals surface area contributed by atoms with E-state index in [2.05, 4.69) is 46.5 Å². The van der Waals surface area contributed by atoms with Crippen LogP contribution in [0.2, 0.25) is 0 Å². The van der Waals surface area contributed by atoms with E-state index in [1.54, 1.807) is 17.4 Å². The second-order valence-corrected chi connectivity index (χ2v) is 8.25. The molecule has 28 heavy (non-hydrogen) atoms. The molecule has 6 heteroatoms. The van der Waals surface area contributed by atoms with Crippen molar-refractivity contribution < 1.29 is 4.79 Å². The minimum Gasteiger partial charge on any atom is -0.298 e. The molecular formula is C22H19N3OS2. The van der Waals surface area contributed by atoms with Crippen LogP contribution in [-0.2, 0) is 11.2 Å². The highest BCUT2D eigenvalue weighted by atomic mass is 32.1. The maximum Gasteiger partial charge on any atom is 0.250 e. The topological polar surface area (TPSA) is 54.9 Å². The Hall–Kier alpha value is -2.83. The van der Waals surface area contributed by atoms with Crippen LogP contribution in [0.1, 0.15) is 23.9 Å². The number of rotatable bonds is 6. The summed E-state index contributed by atoms with van der Waals surface area (Å²) in [5.74, 6) is -0.210. The molecular weight excluding hydrogens is 386 g/mol. The second-order valence-electron chi connectivity index (χ2n) is 6.33. The number of aryl methyl sites for hydroxylation is 1. The first-order valence-electron chi connectivity index (χ1n) is 9.11. The average Bonchev–Trinajstić information content (AvgIpc) is 3.34. The van der Waals surface area contributed by atoms with E-state index in [1.165, 1.54) is 23.0 Å². The molecule has 1 N–H and O–H groups in total. The molecule has 2 heterocycles. The average molecular weight is 406 g/mol. The third-order valence-electron chi connectivity index (χ3n) is 4.21. The number of amides is 1. The number of hydrogen-bond donors (Lipinski definition) is 1. The summed E-state index contributed by atoms with van der Waals surface area (Å²) >= 11 is 2.98. The van der Waals surface area contributed by atoms with Gasteiger partial charge in [0.2, 0.25) is 5.91 Å². The normalized spacial score (nSPS) is 11.3. The maximum absolute atomic E-state index is 12.2. The molecule has 0 aliphatic carbocycles. The number of para-hydroxylation sites is 1. The molecule has 4 nitrogen and oxygen atoms in total. The summed E-state index contributed by atoms with van der Waals surface area (Å²) in [7, 11) is 0. The highest BCUT2D eigenvalue weighted by Crippen LogP contribution is 2.26. The van der Waals surface area contributed by atoms with Crippen molar-refractivity contribution in [2.45, 2.75) is 19.8 Å². The SMILES string of the molecule is CCCc1ccc(-c2csc(NC(=O)/C=C/c3nc4ccccc4s3)n2)cc1. The number of nitrogens with zero attached hydrogens (tertiary/aromatic N) is 2. The molecule has 0 radical (unpaired) electrons. The number of thiazole rings is 2. The number of hydrogen-bond acceptors (Lipinski definition) is 5. The number of carbonyl (C=O) groups excluding carboxylic acids is 1.